The van der Waals surface area contributed by atoms with Gasteiger partial charge in [0.25, 0.3) is 0 Å². The zero-order chi connectivity index (χ0) is 0. The molecule has 0 amide bonds. The minimum atomic E-state index is 0. The maximum absolute atomic E-state index is 0. The summed E-state index contributed by atoms with van der Waals surface area (Å²) in [7, 11) is 0. The van der Waals surface area contributed by atoms with E-state index in [1.807, 2.05) is 0 Å². The first-order chi connectivity index (χ1) is 0. The average Bonchev–Trinajstić information content (AvgIpc) is 0. The summed E-state index contributed by atoms with van der Waals surface area (Å²) in [5.41, 5.74) is 0. The molecule has 0 N–H and O–H groups in total. The molecule has 39 valence electrons. The van der Waals surface area contributed by atoms with Crippen LogP contribution in [0, 0.1) is 0 Å². The zero-order valence-electron chi connectivity index (χ0n) is 1.93. The number of hydrogen-bond acceptors (Lipinski definition) is 0. The standard InChI is InChI=1S/Cu.Pb.Pd.Pt.Sn. The maximum Gasteiger partial charge on any atom is 0 e. The van der Waals surface area contributed by atoms with E-state index in [0.717, 1.165) is 0 Å². The Morgan fingerprint density at radius 2 is 1.00 bits per heavy atom. The van der Waals surface area contributed by atoms with Crippen LogP contribution in [0.4, 0.5) is 0 Å². The normalized spacial score (nSPS) is 0. The van der Waals surface area contributed by atoms with Crippen molar-refractivity contribution in [3.05, 3.63) is 0 Å². The van der Waals surface area contributed by atoms with Crippen LogP contribution in [0.3, 0.4) is 0 Å². The summed E-state index contributed by atoms with van der Waals surface area (Å²) >= 11 is 0. The fourth-order valence-electron chi connectivity index (χ4n) is 0. The molecular weight excluding hydrogens is 691 g/mol. The predicted molar refractivity (Wildman–Crippen MR) is 11.5 cm³/mol. The van der Waals surface area contributed by atoms with E-state index < -0.39 is 0 Å². The molecule has 0 atom stereocenters. The number of rotatable bonds is 0. The van der Waals surface area contributed by atoms with Crippen LogP contribution in [-0.2, 0) is 58.6 Å². The van der Waals surface area contributed by atoms with Gasteiger partial charge < -0.3 is 0 Å². The molecule has 0 fully saturated rings. The van der Waals surface area contributed by atoms with Crippen molar-refractivity contribution in [3.8, 4) is 0 Å². The van der Waals surface area contributed by atoms with Gasteiger partial charge in [0.15, 0.2) is 0 Å². The van der Waals surface area contributed by atoms with Crippen molar-refractivity contribution in [1.82, 2.24) is 0 Å². The summed E-state index contributed by atoms with van der Waals surface area (Å²) in [6.45, 7) is 0. The van der Waals surface area contributed by atoms with E-state index in [-0.39, 0.29) is 110 Å². The first-order valence-electron chi connectivity index (χ1n) is 0. The second-order valence-corrected chi connectivity index (χ2v) is 0. The average molecular weight is 691 g/mol. The minimum Gasteiger partial charge on any atom is 0 e. The molecule has 0 rings (SSSR count). The van der Waals surface area contributed by atoms with Crippen LogP contribution in [0.1, 0.15) is 0 Å². The summed E-state index contributed by atoms with van der Waals surface area (Å²) in [6.07, 6.45) is 0. The summed E-state index contributed by atoms with van der Waals surface area (Å²) in [5, 5.41) is 0. The molecule has 0 saturated carbocycles. The Morgan fingerprint density at radius 3 is 1.00 bits per heavy atom. The van der Waals surface area contributed by atoms with Gasteiger partial charge in [0.05, 0.1) is 0 Å². The molecule has 0 aromatic carbocycles. The fraction of sp³-hybridized carbons (Fsp3) is 0. The third-order valence-corrected chi connectivity index (χ3v) is 0. The second kappa shape index (κ2) is 25.6. The Bertz CT molecular complexity index is 11.6. The van der Waals surface area contributed by atoms with Gasteiger partial charge in [-0.25, -0.2) is 0 Å². The Morgan fingerprint density at radius 1 is 1.00 bits per heavy atom. The molecule has 0 saturated heterocycles. The van der Waals surface area contributed by atoms with Gasteiger partial charge in [0.2, 0.25) is 0 Å². The van der Waals surface area contributed by atoms with E-state index in [9.17, 15) is 0 Å². The summed E-state index contributed by atoms with van der Waals surface area (Å²) in [6, 6.07) is 0. The monoisotopic (exact) mass is 692 g/mol. The molecular formula is CuPbPdPtSn. The van der Waals surface area contributed by atoms with Crippen molar-refractivity contribution < 1.29 is 58.6 Å². The Hall–Kier alpha value is 3.59. The van der Waals surface area contributed by atoms with Gasteiger partial charge in [0, 0.05) is 110 Å². The zero-order valence-corrected chi connectivity index (χ0v) is 13.4. The van der Waals surface area contributed by atoms with Crippen LogP contribution >= 0.6 is 0 Å². The van der Waals surface area contributed by atoms with E-state index in [1.54, 1.807) is 0 Å². The van der Waals surface area contributed by atoms with Gasteiger partial charge in [-0.3, -0.25) is 0 Å². The van der Waals surface area contributed by atoms with E-state index in [1.165, 1.54) is 0 Å². The van der Waals surface area contributed by atoms with Crippen LogP contribution in [0.2, 0.25) is 0 Å². The third kappa shape index (κ3) is 18.4. The SMILES string of the molecule is [Cu].[Pb].[Pd].[Pt].[Sn]. The minimum absolute atomic E-state index is 0. The smallest absolute Gasteiger partial charge is 0 e. The van der Waals surface area contributed by atoms with Crippen LogP contribution in [0.5, 0.6) is 0 Å². The molecule has 0 aliphatic heterocycles. The molecule has 5 heavy (non-hydrogen) atoms. The van der Waals surface area contributed by atoms with Gasteiger partial charge in [-0.1, -0.05) is 0 Å². The maximum atomic E-state index is 0. The molecule has 5 heteroatoms. The quantitative estimate of drug-likeness (QED) is 0.294. The fourth-order valence-corrected chi connectivity index (χ4v) is 0. The van der Waals surface area contributed by atoms with Crippen molar-refractivity contribution in [2.75, 3.05) is 0 Å². The summed E-state index contributed by atoms with van der Waals surface area (Å²) < 4.78 is 0. The van der Waals surface area contributed by atoms with Crippen LogP contribution in [0.15, 0.2) is 0 Å². The van der Waals surface area contributed by atoms with Crippen LogP contribution < -0.4 is 0 Å². The van der Waals surface area contributed by atoms with Gasteiger partial charge in [-0.05, 0) is 0 Å². The van der Waals surface area contributed by atoms with E-state index in [0.29, 0.717) is 0 Å². The van der Waals surface area contributed by atoms with Gasteiger partial charge in [-0.15, -0.1) is 0 Å². The summed E-state index contributed by atoms with van der Waals surface area (Å²) in [5.74, 6) is 0. The van der Waals surface area contributed by atoms with Crippen molar-refractivity contribution >= 4 is 51.2 Å². The van der Waals surface area contributed by atoms with Crippen LogP contribution in [-0.4, -0.2) is 51.2 Å². The van der Waals surface area contributed by atoms with Crippen molar-refractivity contribution in [2.24, 2.45) is 0 Å². The van der Waals surface area contributed by atoms with E-state index in [2.05, 4.69) is 0 Å². The Balaban J connectivity index is 0. The Labute approximate surface area is 107 Å². The molecule has 0 nitrogen and oxygen atoms in total. The molecule has 0 aromatic rings. The van der Waals surface area contributed by atoms with E-state index >= 15 is 0 Å². The molecule has 0 bridgehead atoms. The molecule has 0 aromatic heterocycles. The predicted octanol–water partition coefficient (Wildman–Crippen LogP) is -0.769. The first kappa shape index (κ1) is 38.4. The Kier molecular flexibility index (Phi) is 196. The third-order valence-electron chi connectivity index (χ3n) is 0. The second-order valence-electron chi connectivity index (χ2n) is 0. The topological polar surface area (TPSA) is 0 Å². The molecule has 0 heterocycles. The molecule has 0 unspecified atom stereocenters. The van der Waals surface area contributed by atoms with Gasteiger partial charge >= 0.3 is 0 Å². The molecule has 9 radical (unpaired) electrons. The van der Waals surface area contributed by atoms with Crippen LogP contribution in [0.25, 0.3) is 0 Å². The molecule has 0 aliphatic carbocycles. The van der Waals surface area contributed by atoms with Gasteiger partial charge in [-0.2, -0.15) is 0 Å². The van der Waals surface area contributed by atoms with Crippen molar-refractivity contribution in [3.63, 3.8) is 0 Å². The molecule has 0 spiro atoms. The summed E-state index contributed by atoms with van der Waals surface area (Å²) in [4.78, 5) is 0. The number of hydrogen-bond donors (Lipinski definition) is 0. The van der Waals surface area contributed by atoms with Gasteiger partial charge in [0.1, 0.15) is 0 Å². The first-order valence-corrected chi connectivity index (χ1v) is 0. The molecule has 0 aliphatic rings. The van der Waals surface area contributed by atoms with Crippen molar-refractivity contribution in [2.45, 2.75) is 0 Å². The largest absolute Gasteiger partial charge is 0 e. The van der Waals surface area contributed by atoms with E-state index in [4.69, 9.17) is 0 Å². The van der Waals surface area contributed by atoms with Crippen molar-refractivity contribution in [1.29, 1.82) is 0 Å².